The molecule has 0 aliphatic rings. The summed E-state index contributed by atoms with van der Waals surface area (Å²) in [6, 6.07) is 8.04. The molecule has 0 saturated heterocycles. The highest BCUT2D eigenvalue weighted by Crippen LogP contribution is 2.14. The molecule has 0 amide bonds. The van der Waals surface area contributed by atoms with Crippen LogP contribution in [-0.2, 0) is 11.3 Å². The van der Waals surface area contributed by atoms with Gasteiger partial charge in [-0.1, -0.05) is 5.21 Å². The van der Waals surface area contributed by atoms with Crippen LogP contribution >= 0.6 is 0 Å². The van der Waals surface area contributed by atoms with E-state index in [0.717, 1.165) is 0 Å². The van der Waals surface area contributed by atoms with Crippen molar-refractivity contribution in [1.82, 2.24) is 15.0 Å². The number of carboxylic acids is 1. The summed E-state index contributed by atoms with van der Waals surface area (Å²) in [4.78, 5) is 10.8. The summed E-state index contributed by atoms with van der Waals surface area (Å²) in [5.41, 5.74) is 1.50. The number of aromatic carboxylic acids is 1. The van der Waals surface area contributed by atoms with Gasteiger partial charge in [-0.25, -0.2) is 9.48 Å². The molecule has 7 heteroatoms. The molecule has 0 atom stereocenters. The summed E-state index contributed by atoms with van der Waals surface area (Å²) in [7, 11) is 1.51. The third-order valence-corrected chi connectivity index (χ3v) is 2.51. The van der Waals surface area contributed by atoms with Gasteiger partial charge in [0, 0.05) is 7.11 Å². The van der Waals surface area contributed by atoms with Gasteiger partial charge < -0.3 is 9.84 Å². The van der Waals surface area contributed by atoms with Crippen molar-refractivity contribution >= 4 is 5.97 Å². The van der Waals surface area contributed by atoms with Crippen LogP contribution in [0.3, 0.4) is 0 Å². The first kappa shape index (κ1) is 12.7. The Labute approximate surface area is 108 Å². The van der Waals surface area contributed by atoms with Crippen LogP contribution in [0.5, 0.6) is 0 Å². The molecule has 2 aromatic rings. The maximum atomic E-state index is 10.8. The van der Waals surface area contributed by atoms with Gasteiger partial charge in [0.25, 0.3) is 0 Å². The molecule has 0 saturated carbocycles. The number of aromatic nitrogens is 3. The molecule has 96 valence electrons. The fourth-order valence-electron chi connectivity index (χ4n) is 1.61. The molecule has 0 unspecified atom stereocenters. The second kappa shape index (κ2) is 5.29. The monoisotopic (exact) mass is 258 g/mol. The first-order chi connectivity index (χ1) is 9.17. The maximum Gasteiger partial charge on any atom is 0.335 e. The van der Waals surface area contributed by atoms with Crippen LogP contribution in [0.4, 0.5) is 0 Å². The van der Waals surface area contributed by atoms with Gasteiger partial charge in [0.1, 0.15) is 11.8 Å². The Kier molecular flexibility index (Phi) is 3.54. The second-order valence-corrected chi connectivity index (χ2v) is 3.69. The van der Waals surface area contributed by atoms with E-state index in [9.17, 15) is 4.79 Å². The number of methoxy groups -OCH3 is 1. The molecule has 2 rings (SSSR count). The van der Waals surface area contributed by atoms with Crippen molar-refractivity contribution in [2.24, 2.45) is 0 Å². The van der Waals surface area contributed by atoms with E-state index in [4.69, 9.17) is 15.1 Å². The molecule has 0 radical (unpaired) electrons. The fraction of sp³-hybridized carbons (Fsp3) is 0.167. The maximum absolute atomic E-state index is 10.8. The van der Waals surface area contributed by atoms with Gasteiger partial charge >= 0.3 is 5.97 Å². The molecule has 0 aliphatic heterocycles. The predicted molar refractivity (Wildman–Crippen MR) is 63.7 cm³/mol. The summed E-state index contributed by atoms with van der Waals surface area (Å²) < 4.78 is 6.46. The van der Waals surface area contributed by atoms with Crippen molar-refractivity contribution in [3.63, 3.8) is 0 Å². The average molecular weight is 258 g/mol. The normalized spacial score (nSPS) is 10.1. The zero-order valence-corrected chi connectivity index (χ0v) is 10.1. The van der Waals surface area contributed by atoms with E-state index in [1.807, 2.05) is 6.07 Å². The molecule has 0 bridgehead atoms. The fourth-order valence-corrected chi connectivity index (χ4v) is 1.61. The van der Waals surface area contributed by atoms with E-state index in [1.54, 1.807) is 12.1 Å². The summed E-state index contributed by atoms with van der Waals surface area (Å²) >= 11 is 0. The average Bonchev–Trinajstić information content (AvgIpc) is 2.82. The number of nitriles is 1. The van der Waals surface area contributed by atoms with Gasteiger partial charge in [0.15, 0.2) is 5.69 Å². The van der Waals surface area contributed by atoms with Crippen molar-refractivity contribution in [3.8, 4) is 11.8 Å². The van der Waals surface area contributed by atoms with E-state index in [1.165, 1.54) is 23.9 Å². The van der Waals surface area contributed by atoms with Crippen molar-refractivity contribution in [3.05, 3.63) is 41.2 Å². The minimum absolute atomic E-state index is 0.178. The van der Waals surface area contributed by atoms with Gasteiger partial charge in [-0.2, -0.15) is 5.26 Å². The Morgan fingerprint density at radius 1 is 1.47 bits per heavy atom. The van der Waals surface area contributed by atoms with Gasteiger partial charge in [0.05, 0.1) is 17.9 Å². The number of benzene rings is 1. The van der Waals surface area contributed by atoms with Crippen LogP contribution in [-0.4, -0.2) is 33.2 Å². The van der Waals surface area contributed by atoms with Crippen LogP contribution in [0.2, 0.25) is 0 Å². The van der Waals surface area contributed by atoms with Gasteiger partial charge in [-0.3, -0.25) is 0 Å². The van der Waals surface area contributed by atoms with Crippen LogP contribution < -0.4 is 0 Å². The third-order valence-electron chi connectivity index (χ3n) is 2.51. The Balaban J connectivity index is 2.44. The molecular weight excluding hydrogens is 248 g/mol. The molecule has 7 nitrogen and oxygen atoms in total. The number of ether oxygens (including phenoxy) is 1. The lowest BCUT2D eigenvalue weighted by Gasteiger charge is -2.05. The highest BCUT2D eigenvalue weighted by Gasteiger charge is 2.14. The van der Waals surface area contributed by atoms with Crippen molar-refractivity contribution in [2.45, 2.75) is 6.61 Å². The zero-order chi connectivity index (χ0) is 13.8. The smallest absolute Gasteiger partial charge is 0.335 e. The van der Waals surface area contributed by atoms with E-state index in [0.29, 0.717) is 11.4 Å². The molecule has 1 N–H and O–H groups in total. The molecule has 1 aromatic heterocycles. The predicted octanol–water partition coefficient (Wildman–Crippen LogP) is 0.984. The highest BCUT2D eigenvalue weighted by molar-refractivity contribution is 5.87. The topological polar surface area (TPSA) is 101 Å². The number of hydrogen-bond donors (Lipinski definition) is 1. The SMILES string of the molecule is COCc1c(C#N)nnn1-c1ccc(C(=O)O)cc1. The highest BCUT2D eigenvalue weighted by atomic mass is 16.5. The van der Waals surface area contributed by atoms with E-state index < -0.39 is 5.97 Å². The molecule has 0 fully saturated rings. The van der Waals surface area contributed by atoms with Crippen molar-refractivity contribution < 1.29 is 14.6 Å². The molecule has 0 aliphatic carbocycles. The van der Waals surface area contributed by atoms with E-state index in [2.05, 4.69) is 10.3 Å². The molecular formula is C12H10N4O3. The molecule has 19 heavy (non-hydrogen) atoms. The molecule has 0 spiro atoms. The molecule has 1 aromatic carbocycles. The lowest BCUT2D eigenvalue weighted by molar-refractivity contribution is 0.0697. The van der Waals surface area contributed by atoms with Crippen molar-refractivity contribution in [1.29, 1.82) is 5.26 Å². The third kappa shape index (κ3) is 2.43. The van der Waals surface area contributed by atoms with Gasteiger partial charge in [-0.15, -0.1) is 5.10 Å². The Hall–Kier alpha value is -2.72. The Morgan fingerprint density at radius 3 is 2.68 bits per heavy atom. The van der Waals surface area contributed by atoms with Crippen LogP contribution in [0.15, 0.2) is 24.3 Å². The number of carbonyl (C=O) groups is 1. The van der Waals surface area contributed by atoms with Gasteiger partial charge in [-0.05, 0) is 24.3 Å². The molecule has 1 heterocycles. The van der Waals surface area contributed by atoms with E-state index in [-0.39, 0.29) is 17.9 Å². The summed E-state index contributed by atoms with van der Waals surface area (Å²) in [6.45, 7) is 0.191. The summed E-state index contributed by atoms with van der Waals surface area (Å²) in [5.74, 6) is -1.00. The van der Waals surface area contributed by atoms with Crippen LogP contribution in [0.1, 0.15) is 21.7 Å². The number of nitrogens with zero attached hydrogens (tertiary/aromatic N) is 4. The number of carboxylic acid groups (broad SMARTS) is 1. The van der Waals surface area contributed by atoms with Crippen molar-refractivity contribution in [2.75, 3.05) is 7.11 Å². The minimum Gasteiger partial charge on any atom is -0.478 e. The summed E-state index contributed by atoms with van der Waals surface area (Å²) in [5, 5.41) is 25.4. The number of rotatable bonds is 4. The van der Waals surface area contributed by atoms with Gasteiger partial charge in [0.2, 0.25) is 0 Å². The standard InChI is InChI=1S/C12H10N4O3/c1-19-7-11-10(6-13)14-15-16(11)9-4-2-8(3-5-9)12(17)18/h2-5H,7H2,1H3,(H,17,18). The minimum atomic E-state index is -1.00. The lowest BCUT2D eigenvalue weighted by atomic mass is 10.2. The number of hydrogen-bond acceptors (Lipinski definition) is 5. The summed E-state index contributed by atoms with van der Waals surface area (Å²) in [6.07, 6.45) is 0. The first-order valence-corrected chi connectivity index (χ1v) is 5.34. The largest absolute Gasteiger partial charge is 0.478 e. The van der Waals surface area contributed by atoms with Crippen LogP contribution in [0, 0.1) is 11.3 Å². The first-order valence-electron chi connectivity index (χ1n) is 5.34. The Bertz CT molecular complexity index is 640. The Morgan fingerprint density at radius 2 is 2.16 bits per heavy atom. The lowest BCUT2D eigenvalue weighted by Crippen LogP contribution is -2.05. The second-order valence-electron chi connectivity index (χ2n) is 3.69. The zero-order valence-electron chi connectivity index (χ0n) is 10.1. The van der Waals surface area contributed by atoms with Crippen LogP contribution in [0.25, 0.3) is 5.69 Å². The van der Waals surface area contributed by atoms with E-state index >= 15 is 0 Å². The quantitative estimate of drug-likeness (QED) is 0.877.